The smallest absolute Gasteiger partial charge is 0.308 e. The summed E-state index contributed by atoms with van der Waals surface area (Å²) in [5.74, 6) is -1.13. The Morgan fingerprint density at radius 1 is 1.35 bits per heavy atom. The van der Waals surface area contributed by atoms with Crippen molar-refractivity contribution in [3.8, 4) is 0 Å². The Kier molecular flexibility index (Phi) is 6.98. The quantitative estimate of drug-likeness (QED) is 0.310. The van der Waals surface area contributed by atoms with Crippen LogP contribution in [-0.4, -0.2) is 30.0 Å². The Morgan fingerprint density at radius 2 is 2.00 bits per heavy atom. The van der Waals surface area contributed by atoms with Crippen LogP contribution in [0.3, 0.4) is 0 Å². The average molecular weight is 323 g/mol. The number of ether oxygens (including phenoxy) is 1. The minimum atomic E-state index is -0.737. The van der Waals surface area contributed by atoms with Crippen molar-refractivity contribution in [1.82, 2.24) is 0 Å². The number of nitro benzene ring substituents is 1. The monoisotopic (exact) mass is 323 g/mol. The van der Waals surface area contributed by atoms with Gasteiger partial charge in [0.2, 0.25) is 5.91 Å². The van der Waals surface area contributed by atoms with E-state index in [1.165, 1.54) is 12.1 Å². The fourth-order valence-electron chi connectivity index (χ4n) is 2.06. The largest absolute Gasteiger partial charge is 0.464 e. The predicted molar refractivity (Wildman–Crippen MR) is 85.1 cm³/mol. The number of primary amides is 1. The number of carbonyl (C=O) groups excluding carboxylic acids is 2. The molecular formula is C15H21N3O5. The molecule has 0 aliphatic rings. The van der Waals surface area contributed by atoms with Gasteiger partial charge in [-0.05, 0) is 25.0 Å². The first kappa shape index (κ1) is 18.4. The molecule has 0 bridgehead atoms. The molecule has 0 aliphatic heterocycles. The van der Waals surface area contributed by atoms with Crippen LogP contribution in [-0.2, 0) is 9.53 Å². The summed E-state index contributed by atoms with van der Waals surface area (Å²) in [6, 6.07) is 3.91. The van der Waals surface area contributed by atoms with Crippen molar-refractivity contribution in [1.29, 1.82) is 0 Å². The summed E-state index contributed by atoms with van der Waals surface area (Å²) in [6.07, 6.45) is 1.42. The van der Waals surface area contributed by atoms with E-state index in [4.69, 9.17) is 10.5 Å². The van der Waals surface area contributed by atoms with E-state index in [-0.39, 0.29) is 42.0 Å². The third kappa shape index (κ3) is 5.24. The van der Waals surface area contributed by atoms with Gasteiger partial charge in [-0.15, -0.1) is 0 Å². The molecule has 0 atom stereocenters. The SMILES string of the molecule is CCC(CC)C(=O)OCCNc1ccc(C(N)=O)cc1[N+](=O)[O-]. The number of carbonyl (C=O) groups is 2. The summed E-state index contributed by atoms with van der Waals surface area (Å²) in [5, 5.41) is 13.9. The summed E-state index contributed by atoms with van der Waals surface area (Å²) in [5.41, 5.74) is 5.14. The van der Waals surface area contributed by atoms with Crippen molar-refractivity contribution >= 4 is 23.3 Å². The molecule has 23 heavy (non-hydrogen) atoms. The van der Waals surface area contributed by atoms with Gasteiger partial charge in [0.15, 0.2) is 0 Å². The lowest BCUT2D eigenvalue weighted by molar-refractivity contribution is -0.384. The van der Waals surface area contributed by atoms with E-state index in [0.29, 0.717) is 12.8 Å². The molecule has 1 rings (SSSR count). The summed E-state index contributed by atoms with van der Waals surface area (Å²) >= 11 is 0. The van der Waals surface area contributed by atoms with E-state index in [1.807, 2.05) is 13.8 Å². The zero-order valence-corrected chi connectivity index (χ0v) is 13.2. The molecule has 0 saturated heterocycles. The Balaban J connectivity index is 2.63. The van der Waals surface area contributed by atoms with E-state index in [9.17, 15) is 19.7 Å². The number of amides is 1. The van der Waals surface area contributed by atoms with Gasteiger partial charge in [0, 0.05) is 18.2 Å². The number of benzene rings is 1. The molecule has 3 N–H and O–H groups in total. The molecule has 0 unspecified atom stereocenters. The van der Waals surface area contributed by atoms with Crippen LogP contribution in [0.2, 0.25) is 0 Å². The van der Waals surface area contributed by atoms with Gasteiger partial charge in [0.05, 0.1) is 10.8 Å². The standard InChI is InChI=1S/C15H21N3O5/c1-3-10(4-2)15(20)23-8-7-17-12-6-5-11(14(16)19)9-13(12)18(21)22/h5-6,9-10,17H,3-4,7-8H2,1-2H3,(H2,16,19). The zero-order chi connectivity index (χ0) is 17.4. The Bertz CT molecular complexity index is 584. The lowest BCUT2D eigenvalue weighted by Crippen LogP contribution is -2.20. The third-order valence-electron chi connectivity index (χ3n) is 3.46. The van der Waals surface area contributed by atoms with Crippen molar-refractivity contribution in [3.05, 3.63) is 33.9 Å². The summed E-state index contributed by atoms with van der Waals surface area (Å²) in [7, 11) is 0. The van der Waals surface area contributed by atoms with E-state index >= 15 is 0 Å². The molecule has 0 spiro atoms. The van der Waals surface area contributed by atoms with Gasteiger partial charge in [-0.1, -0.05) is 13.8 Å². The van der Waals surface area contributed by atoms with Crippen LogP contribution in [0, 0.1) is 16.0 Å². The minimum absolute atomic E-state index is 0.0578. The van der Waals surface area contributed by atoms with Gasteiger partial charge in [-0.2, -0.15) is 0 Å². The second-order valence-corrected chi connectivity index (χ2v) is 4.96. The molecule has 0 heterocycles. The van der Waals surface area contributed by atoms with Crippen LogP contribution < -0.4 is 11.1 Å². The van der Waals surface area contributed by atoms with Gasteiger partial charge in [0.1, 0.15) is 12.3 Å². The van der Waals surface area contributed by atoms with Crippen LogP contribution >= 0.6 is 0 Å². The molecule has 126 valence electrons. The molecule has 8 nitrogen and oxygen atoms in total. The maximum absolute atomic E-state index is 11.7. The second-order valence-electron chi connectivity index (χ2n) is 4.96. The summed E-state index contributed by atoms with van der Waals surface area (Å²) < 4.78 is 5.12. The number of nitro groups is 1. The van der Waals surface area contributed by atoms with Crippen LogP contribution in [0.25, 0.3) is 0 Å². The predicted octanol–water partition coefficient (Wildman–Crippen LogP) is 2.08. The lowest BCUT2D eigenvalue weighted by Gasteiger charge is -2.12. The highest BCUT2D eigenvalue weighted by Gasteiger charge is 2.17. The molecule has 0 saturated carbocycles. The minimum Gasteiger partial charge on any atom is -0.464 e. The zero-order valence-electron chi connectivity index (χ0n) is 13.2. The van der Waals surface area contributed by atoms with Crippen LogP contribution in [0.1, 0.15) is 37.0 Å². The van der Waals surface area contributed by atoms with E-state index in [0.717, 1.165) is 6.07 Å². The highest BCUT2D eigenvalue weighted by Crippen LogP contribution is 2.25. The summed E-state index contributed by atoms with van der Waals surface area (Å²) in [4.78, 5) is 33.2. The number of nitrogens with two attached hydrogens (primary N) is 1. The number of rotatable bonds is 9. The first-order valence-corrected chi connectivity index (χ1v) is 7.39. The lowest BCUT2D eigenvalue weighted by atomic mass is 10.0. The van der Waals surface area contributed by atoms with E-state index in [2.05, 4.69) is 5.32 Å². The number of esters is 1. The number of nitrogens with one attached hydrogen (secondary N) is 1. The maximum Gasteiger partial charge on any atom is 0.308 e. The van der Waals surface area contributed by atoms with Crippen LogP contribution in [0.4, 0.5) is 11.4 Å². The fourth-order valence-corrected chi connectivity index (χ4v) is 2.06. The summed E-state index contributed by atoms with van der Waals surface area (Å²) in [6.45, 7) is 4.15. The Hall–Kier alpha value is -2.64. The molecule has 0 radical (unpaired) electrons. The number of hydrogen-bond acceptors (Lipinski definition) is 6. The van der Waals surface area contributed by atoms with Crippen LogP contribution in [0.5, 0.6) is 0 Å². The number of hydrogen-bond donors (Lipinski definition) is 2. The van der Waals surface area contributed by atoms with Gasteiger partial charge in [-0.3, -0.25) is 19.7 Å². The Morgan fingerprint density at radius 3 is 2.52 bits per heavy atom. The van der Waals surface area contributed by atoms with E-state index < -0.39 is 10.8 Å². The first-order chi connectivity index (χ1) is 10.9. The van der Waals surface area contributed by atoms with Gasteiger partial charge in [-0.25, -0.2) is 0 Å². The van der Waals surface area contributed by atoms with E-state index in [1.54, 1.807) is 0 Å². The molecule has 0 fully saturated rings. The number of nitrogens with zero attached hydrogens (tertiary/aromatic N) is 1. The van der Waals surface area contributed by atoms with Crippen molar-refractivity contribution in [2.45, 2.75) is 26.7 Å². The maximum atomic E-state index is 11.7. The molecule has 1 amide bonds. The Labute approximate surface area is 134 Å². The molecule has 0 aliphatic carbocycles. The number of anilines is 1. The van der Waals surface area contributed by atoms with Crippen molar-refractivity contribution < 1.29 is 19.2 Å². The molecule has 1 aromatic carbocycles. The normalized spacial score (nSPS) is 10.4. The molecule has 1 aromatic rings. The molecular weight excluding hydrogens is 302 g/mol. The van der Waals surface area contributed by atoms with Crippen molar-refractivity contribution in [2.75, 3.05) is 18.5 Å². The topological polar surface area (TPSA) is 125 Å². The highest BCUT2D eigenvalue weighted by molar-refractivity contribution is 5.94. The molecule has 0 aromatic heterocycles. The average Bonchev–Trinajstić information content (AvgIpc) is 2.52. The second kappa shape index (κ2) is 8.72. The van der Waals surface area contributed by atoms with Gasteiger partial charge in [0.25, 0.3) is 5.69 Å². The van der Waals surface area contributed by atoms with Gasteiger partial charge >= 0.3 is 5.97 Å². The third-order valence-corrected chi connectivity index (χ3v) is 3.46. The molecule has 8 heteroatoms. The van der Waals surface area contributed by atoms with Crippen LogP contribution in [0.15, 0.2) is 18.2 Å². The van der Waals surface area contributed by atoms with Crippen molar-refractivity contribution in [2.24, 2.45) is 11.7 Å². The first-order valence-electron chi connectivity index (χ1n) is 7.39. The van der Waals surface area contributed by atoms with Gasteiger partial charge < -0.3 is 15.8 Å². The van der Waals surface area contributed by atoms with Crippen molar-refractivity contribution in [3.63, 3.8) is 0 Å². The highest BCUT2D eigenvalue weighted by atomic mass is 16.6. The fraction of sp³-hybridized carbons (Fsp3) is 0.467.